The van der Waals surface area contributed by atoms with E-state index in [1.54, 1.807) is 17.8 Å². The van der Waals surface area contributed by atoms with E-state index in [2.05, 4.69) is 47.1 Å². The Morgan fingerprint density at radius 2 is 1.90 bits per heavy atom. The molecule has 0 saturated carbocycles. The second-order valence-corrected chi connectivity index (χ2v) is 6.69. The van der Waals surface area contributed by atoms with E-state index in [0.717, 1.165) is 11.3 Å². The highest BCUT2D eigenvalue weighted by Crippen LogP contribution is 2.23. The molecule has 0 bridgehead atoms. The van der Waals surface area contributed by atoms with Crippen LogP contribution in [0.1, 0.15) is 11.1 Å². The third kappa shape index (κ3) is 4.33. The van der Waals surface area contributed by atoms with Crippen molar-refractivity contribution in [2.24, 2.45) is 5.73 Å². The lowest BCUT2D eigenvalue weighted by Gasteiger charge is -2.13. The van der Waals surface area contributed by atoms with Gasteiger partial charge in [0.05, 0.1) is 4.47 Å². The van der Waals surface area contributed by atoms with Gasteiger partial charge in [-0.1, -0.05) is 29.8 Å². The molecule has 0 saturated heterocycles. The van der Waals surface area contributed by atoms with E-state index in [1.807, 2.05) is 6.07 Å². The zero-order valence-corrected chi connectivity index (χ0v) is 13.7. The predicted octanol–water partition coefficient (Wildman–Crippen LogP) is 4.56. The molecular formula is C16H17BrFNS. The van der Waals surface area contributed by atoms with Crippen molar-refractivity contribution in [2.45, 2.75) is 24.3 Å². The molecule has 0 aromatic heterocycles. The van der Waals surface area contributed by atoms with E-state index in [1.165, 1.54) is 16.5 Å². The zero-order chi connectivity index (χ0) is 14.5. The van der Waals surface area contributed by atoms with Gasteiger partial charge < -0.3 is 5.73 Å². The average molecular weight is 354 g/mol. The van der Waals surface area contributed by atoms with Crippen LogP contribution in [0.25, 0.3) is 0 Å². The average Bonchev–Trinajstić information content (AvgIpc) is 2.43. The van der Waals surface area contributed by atoms with Gasteiger partial charge >= 0.3 is 0 Å². The molecule has 1 nitrogen and oxygen atoms in total. The lowest BCUT2D eigenvalue weighted by Crippen LogP contribution is -2.25. The summed E-state index contributed by atoms with van der Waals surface area (Å²) in [6.07, 6.45) is 0.664. The number of hydrogen-bond acceptors (Lipinski definition) is 2. The second kappa shape index (κ2) is 7.25. The first-order valence-electron chi connectivity index (χ1n) is 6.44. The Morgan fingerprint density at radius 3 is 2.60 bits per heavy atom. The van der Waals surface area contributed by atoms with E-state index in [0.29, 0.717) is 10.9 Å². The van der Waals surface area contributed by atoms with E-state index >= 15 is 0 Å². The molecule has 0 aliphatic carbocycles. The summed E-state index contributed by atoms with van der Waals surface area (Å²) in [5.74, 6) is 0.576. The molecule has 1 atom stereocenters. The van der Waals surface area contributed by atoms with Gasteiger partial charge in [-0.2, -0.15) is 0 Å². The topological polar surface area (TPSA) is 26.0 Å². The molecule has 2 aromatic carbocycles. The van der Waals surface area contributed by atoms with Gasteiger partial charge in [0.25, 0.3) is 0 Å². The van der Waals surface area contributed by atoms with Crippen molar-refractivity contribution in [1.29, 1.82) is 0 Å². The zero-order valence-electron chi connectivity index (χ0n) is 11.3. The summed E-state index contributed by atoms with van der Waals surface area (Å²) in [5, 5.41) is 0. The first-order chi connectivity index (χ1) is 9.56. The number of hydrogen-bond donors (Lipinski definition) is 1. The standard InChI is InChI=1S/C16H17BrFNS/c1-11-5-7-14(8-6-11)20-10-13(19)9-12-3-2-4-15(18)16(12)17/h2-8,13H,9-10,19H2,1H3. The highest BCUT2D eigenvalue weighted by molar-refractivity contribution is 9.10. The fourth-order valence-corrected chi connectivity index (χ4v) is 3.16. The normalized spacial score (nSPS) is 12.4. The maximum Gasteiger partial charge on any atom is 0.137 e. The summed E-state index contributed by atoms with van der Waals surface area (Å²) >= 11 is 5.01. The van der Waals surface area contributed by atoms with Crippen molar-refractivity contribution in [3.05, 3.63) is 63.9 Å². The monoisotopic (exact) mass is 353 g/mol. The third-order valence-electron chi connectivity index (χ3n) is 3.00. The number of thioether (sulfide) groups is 1. The van der Waals surface area contributed by atoms with E-state index in [9.17, 15) is 4.39 Å². The van der Waals surface area contributed by atoms with Crippen LogP contribution in [0, 0.1) is 12.7 Å². The molecule has 1 unspecified atom stereocenters. The van der Waals surface area contributed by atoms with Crippen molar-refractivity contribution in [2.75, 3.05) is 5.75 Å². The summed E-state index contributed by atoms with van der Waals surface area (Å²) in [7, 11) is 0. The first kappa shape index (κ1) is 15.5. The summed E-state index contributed by atoms with van der Waals surface area (Å²) in [5.41, 5.74) is 8.31. The molecule has 2 N–H and O–H groups in total. The fourth-order valence-electron chi connectivity index (χ4n) is 1.89. The third-order valence-corrected chi connectivity index (χ3v) is 5.09. The molecule has 4 heteroatoms. The van der Waals surface area contributed by atoms with Crippen LogP contribution in [-0.4, -0.2) is 11.8 Å². The summed E-state index contributed by atoms with van der Waals surface area (Å²) in [6, 6.07) is 13.5. The predicted molar refractivity (Wildman–Crippen MR) is 87.7 cm³/mol. The van der Waals surface area contributed by atoms with Gasteiger partial charge in [0.15, 0.2) is 0 Å². The molecule has 2 rings (SSSR count). The lowest BCUT2D eigenvalue weighted by molar-refractivity contribution is 0.615. The highest BCUT2D eigenvalue weighted by Gasteiger charge is 2.10. The molecule has 0 spiro atoms. The number of benzene rings is 2. The number of aryl methyl sites for hydroxylation is 1. The highest BCUT2D eigenvalue weighted by atomic mass is 79.9. The van der Waals surface area contributed by atoms with E-state index < -0.39 is 0 Å². The van der Waals surface area contributed by atoms with Crippen molar-refractivity contribution < 1.29 is 4.39 Å². The molecule has 106 valence electrons. The molecule has 20 heavy (non-hydrogen) atoms. The molecular weight excluding hydrogens is 337 g/mol. The van der Waals surface area contributed by atoms with Gasteiger partial charge in [-0.05, 0) is 53.0 Å². The number of nitrogens with two attached hydrogens (primary N) is 1. The maximum absolute atomic E-state index is 13.4. The minimum Gasteiger partial charge on any atom is -0.327 e. The van der Waals surface area contributed by atoms with Crippen LogP contribution in [0.4, 0.5) is 4.39 Å². The van der Waals surface area contributed by atoms with Crippen LogP contribution in [-0.2, 0) is 6.42 Å². The Balaban J connectivity index is 1.91. The first-order valence-corrected chi connectivity index (χ1v) is 8.22. The summed E-state index contributed by atoms with van der Waals surface area (Å²) < 4.78 is 13.9. The van der Waals surface area contributed by atoms with Crippen LogP contribution < -0.4 is 5.73 Å². The Bertz CT molecular complexity index is 571. The summed E-state index contributed by atoms with van der Waals surface area (Å²) in [6.45, 7) is 2.07. The van der Waals surface area contributed by atoms with Crippen LogP contribution >= 0.6 is 27.7 Å². The lowest BCUT2D eigenvalue weighted by atomic mass is 10.1. The Hall–Kier alpha value is -0.840. The molecule has 0 fully saturated rings. The smallest absolute Gasteiger partial charge is 0.137 e. The van der Waals surface area contributed by atoms with Crippen molar-refractivity contribution >= 4 is 27.7 Å². The van der Waals surface area contributed by atoms with Crippen molar-refractivity contribution in [1.82, 2.24) is 0 Å². The summed E-state index contributed by atoms with van der Waals surface area (Å²) in [4.78, 5) is 1.21. The maximum atomic E-state index is 13.4. The van der Waals surface area contributed by atoms with Gasteiger partial charge in [0, 0.05) is 16.7 Å². The minimum absolute atomic E-state index is 0.000553. The number of halogens is 2. The van der Waals surface area contributed by atoms with Crippen molar-refractivity contribution in [3.8, 4) is 0 Å². The molecule has 0 aliphatic rings. The van der Waals surface area contributed by atoms with Gasteiger partial charge in [0.2, 0.25) is 0 Å². The molecule has 0 aliphatic heterocycles. The van der Waals surface area contributed by atoms with Crippen LogP contribution in [0.5, 0.6) is 0 Å². The van der Waals surface area contributed by atoms with Gasteiger partial charge in [-0.3, -0.25) is 0 Å². The Kier molecular flexibility index (Phi) is 5.64. The fraction of sp³-hybridized carbons (Fsp3) is 0.250. The SMILES string of the molecule is Cc1ccc(SCC(N)Cc2cccc(F)c2Br)cc1. The van der Waals surface area contributed by atoms with Gasteiger partial charge in [0.1, 0.15) is 5.82 Å². The second-order valence-electron chi connectivity index (χ2n) is 4.80. The molecule has 0 radical (unpaired) electrons. The molecule has 2 aromatic rings. The largest absolute Gasteiger partial charge is 0.327 e. The Morgan fingerprint density at radius 1 is 1.20 bits per heavy atom. The quantitative estimate of drug-likeness (QED) is 0.797. The van der Waals surface area contributed by atoms with Crippen LogP contribution in [0.2, 0.25) is 0 Å². The number of rotatable bonds is 5. The van der Waals surface area contributed by atoms with Gasteiger partial charge in [-0.15, -0.1) is 11.8 Å². The minimum atomic E-state index is -0.235. The molecule has 0 heterocycles. The Labute approximate surface area is 131 Å². The molecule has 0 amide bonds. The van der Waals surface area contributed by atoms with Crippen molar-refractivity contribution in [3.63, 3.8) is 0 Å². The van der Waals surface area contributed by atoms with E-state index in [4.69, 9.17) is 5.73 Å². The van der Waals surface area contributed by atoms with Gasteiger partial charge in [-0.25, -0.2) is 4.39 Å². The van der Waals surface area contributed by atoms with Crippen LogP contribution in [0.15, 0.2) is 51.8 Å². The van der Waals surface area contributed by atoms with Crippen LogP contribution in [0.3, 0.4) is 0 Å². The van der Waals surface area contributed by atoms with E-state index in [-0.39, 0.29) is 11.9 Å².